The lowest BCUT2D eigenvalue weighted by Crippen LogP contribution is -2.09. The summed E-state index contributed by atoms with van der Waals surface area (Å²) in [6.07, 6.45) is 5.25. The van der Waals surface area contributed by atoms with Crippen LogP contribution >= 0.6 is 11.9 Å². The Kier molecular flexibility index (Phi) is 6.74. The van der Waals surface area contributed by atoms with Crippen LogP contribution in [-0.2, 0) is 11.8 Å². The second-order valence-electron chi connectivity index (χ2n) is 3.76. The Balaban J connectivity index is 0.00000106. The van der Waals surface area contributed by atoms with Gasteiger partial charge in [-0.2, -0.15) is 5.10 Å². The molecule has 2 aromatic heterocycles. The number of carbonyl (C=O) groups is 1. The van der Waals surface area contributed by atoms with Gasteiger partial charge < -0.3 is 9.46 Å². The van der Waals surface area contributed by atoms with Crippen molar-refractivity contribution >= 4 is 23.6 Å². The van der Waals surface area contributed by atoms with Crippen LogP contribution in [0.4, 0.5) is 5.69 Å². The van der Waals surface area contributed by atoms with Crippen LogP contribution in [0.2, 0.25) is 0 Å². The summed E-state index contributed by atoms with van der Waals surface area (Å²) < 4.78 is 9.32. The predicted molar refractivity (Wildman–Crippen MR) is 86.3 cm³/mol. The molecular weight excluding hydrogens is 288 g/mol. The van der Waals surface area contributed by atoms with E-state index in [4.69, 9.17) is 4.74 Å². The van der Waals surface area contributed by atoms with Crippen molar-refractivity contribution in [2.45, 2.75) is 13.8 Å². The molecule has 21 heavy (non-hydrogen) atoms. The fraction of sp³-hybridized carbons (Fsp3) is 0.357. The fourth-order valence-electron chi connectivity index (χ4n) is 1.70. The molecule has 1 N–H and O–H groups in total. The molecule has 0 aliphatic heterocycles. The van der Waals surface area contributed by atoms with Crippen LogP contribution in [0, 0.1) is 0 Å². The molecule has 0 fully saturated rings. The quantitative estimate of drug-likeness (QED) is 0.692. The van der Waals surface area contributed by atoms with Crippen molar-refractivity contribution in [1.82, 2.24) is 14.8 Å². The van der Waals surface area contributed by atoms with Crippen LogP contribution in [0.25, 0.3) is 11.3 Å². The van der Waals surface area contributed by atoms with E-state index in [1.165, 1.54) is 23.7 Å². The number of aromatic nitrogens is 3. The van der Waals surface area contributed by atoms with E-state index in [0.29, 0.717) is 17.0 Å². The highest BCUT2D eigenvalue weighted by Gasteiger charge is 2.19. The summed E-state index contributed by atoms with van der Waals surface area (Å²) in [7, 11) is 3.04. The van der Waals surface area contributed by atoms with Crippen molar-refractivity contribution in [2.75, 3.05) is 18.1 Å². The maximum Gasteiger partial charge on any atom is 0.357 e. The highest BCUT2D eigenvalue weighted by atomic mass is 32.2. The summed E-state index contributed by atoms with van der Waals surface area (Å²) in [5, 5.41) is 4.08. The van der Waals surface area contributed by atoms with Crippen molar-refractivity contribution in [2.24, 2.45) is 7.05 Å². The van der Waals surface area contributed by atoms with Gasteiger partial charge in [0.1, 0.15) is 0 Å². The fourth-order valence-corrected chi connectivity index (χ4v) is 2.05. The first kappa shape index (κ1) is 17.0. The lowest BCUT2D eigenvalue weighted by molar-refractivity contribution is 0.0589. The zero-order valence-electron chi connectivity index (χ0n) is 12.9. The Hall–Kier alpha value is -2.02. The number of esters is 1. The van der Waals surface area contributed by atoms with Gasteiger partial charge in [0, 0.05) is 13.3 Å². The molecule has 6 nitrogen and oxygen atoms in total. The standard InChI is InChI=1S/C12H14N4O2S.C2H6/c1-16-11(12(17)18-2)9(7-14-16)10-5-4-8(6-13-10)15-19-3;1-2/h4-7,15H,1-3H3;1-2H3. The predicted octanol–water partition coefficient (Wildman–Crippen LogP) is 2.98. The summed E-state index contributed by atoms with van der Waals surface area (Å²) in [6.45, 7) is 4.00. The average Bonchev–Trinajstić information content (AvgIpc) is 2.91. The van der Waals surface area contributed by atoms with Crippen molar-refractivity contribution in [1.29, 1.82) is 0 Å². The zero-order valence-corrected chi connectivity index (χ0v) is 13.7. The number of pyridine rings is 1. The minimum Gasteiger partial charge on any atom is -0.464 e. The van der Waals surface area contributed by atoms with Crippen molar-refractivity contribution in [3.63, 3.8) is 0 Å². The number of anilines is 1. The van der Waals surface area contributed by atoms with Gasteiger partial charge in [0.2, 0.25) is 0 Å². The molecule has 0 amide bonds. The maximum atomic E-state index is 11.7. The van der Waals surface area contributed by atoms with Crippen LogP contribution in [0.15, 0.2) is 24.5 Å². The number of methoxy groups -OCH3 is 1. The molecule has 0 spiro atoms. The maximum absolute atomic E-state index is 11.7. The van der Waals surface area contributed by atoms with Crippen molar-refractivity contribution in [3.05, 3.63) is 30.2 Å². The molecular formula is C14H20N4O2S. The van der Waals surface area contributed by atoms with Gasteiger partial charge in [0.05, 0.1) is 36.4 Å². The Morgan fingerprint density at radius 2 is 2.05 bits per heavy atom. The molecule has 0 radical (unpaired) electrons. The van der Waals surface area contributed by atoms with Crippen molar-refractivity contribution < 1.29 is 9.53 Å². The molecule has 2 aromatic rings. The Morgan fingerprint density at radius 1 is 1.33 bits per heavy atom. The molecule has 0 aromatic carbocycles. The highest BCUT2D eigenvalue weighted by molar-refractivity contribution is 7.99. The summed E-state index contributed by atoms with van der Waals surface area (Å²) in [4.78, 5) is 16.1. The third kappa shape index (κ3) is 3.98. The minimum absolute atomic E-state index is 0.389. The van der Waals surface area contributed by atoms with E-state index in [0.717, 1.165) is 5.69 Å². The van der Waals surface area contributed by atoms with Gasteiger partial charge in [0.15, 0.2) is 5.69 Å². The second kappa shape index (κ2) is 8.31. The number of hydrogen-bond acceptors (Lipinski definition) is 6. The van der Waals surface area contributed by atoms with E-state index in [9.17, 15) is 4.79 Å². The Bertz CT molecular complexity index is 581. The monoisotopic (exact) mass is 308 g/mol. The summed E-state index contributed by atoms with van der Waals surface area (Å²) in [6, 6.07) is 3.73. The van der Waals surface area contributed by atoms with Gasteiger partial charge >= 0.3 is 5.97 Å². The Morgan fingerprint density at radius 3 is 2.57 bits per heavy atom. The summed E-state index contributed by atoms with van der Waals surface area (Å²) in [5.74, 6) is -0.428. The zero-order chi connectivity index (χ0) is 15.8. The first-order valence-corrected chi connectivity index (χ1v) is 7.75. The van der Waals surface area contributed by atoms with Gasteiger partial charge in [-0.1, -0.05) is 25.8 Å². The molecule has 0 atom stereocenters. The molecule has 114 valence electrons. The minimum atomic E-state index is -0.428. The molecule has 0 aliphatic rings. The number of nitrogens with zero attached hydrogens (tertiary/aromatic N) is 3. The Labute approximate surface area is 129 Å². The number of rotatable bonds is 4. The number of nitrogens with one attached hydrogen (secondary N) is 1. The molecule has 0 saturated carbocycles. The molecule has 0 unspecified atom stereocenters. The average molecular weight is 308 g/mol. The molecule has 0 bridgehead atoms. The third-order valence-electron chi connectivity index (χ3n) is 2.58. The van der Waals surface area contributed by atoms with Gasteiger partial charge in [-0.25, -0.2) is 4.79 Å². The summed E-state index contributed by atoms with van der Waals surface area (Å²) >= 11 is 1.49. The van der Waals surface area contributed by atoms with E-state index in [1.807, 2.05) is 32.2 Å². The number of ether oxygens (including phenoxy) is 1. The van der Waals surface area contributed by atoms with Crippen LogP contribution in [0.3, 0.4) is 0 Å². The van der Waals surface area contributed by atoms with Crippen LogP contribution in [-0.4, -0.2) is 34.1 Å². The highest BCUT2D eigenvalue weighted by Crippen LogP contribution is 2.23. The number of carbonyl (C=O) groups excluding carboxylic acids is 1. The van der Waals surface area contributed by atoms with E-state index in [2.05, 4.69) is 14.8 Å². The normalized spacial score (nSPS) is 9.57. The lowest BCUT2D eigenvalue weighted by Gasteiger charge is -2.05. The van der Waals surface area contributed by atoms with E-state index < -0.39 is 5.97 Å². The van der Waals surface area contributed by atoms with E-state index in [-0.39, 0.29) is 0 Å². The number of hydrogen-bond donors (Lipinski definition) is 1. The van der Waals surface area contributed by atoms with Gasteiger partial charge in [-0.15, -0.1) is 0 Å². The smallest absolute Gasteiger partial charge is 0.357 e. The van der Waals surface area contributed by atoms with Crippen molar-refractivity contribution in [3.8, 4) is 11.3 Å². The van der Waals surface area contributed by atoms with Gasteiger partial charge in [-0.3, -0.25) is 9.67 Å². The molecule has 7 heteroatoms. The first-order chi connectivity index (χ1) is 10.2. The topological polar surface area (TPSA) is 69.0 Å². The second-order valence-corrected chi connectivity index (χ2v) is 4.37. The largest absolute Gasteiger partial charge is 0.464 e. The van der Waals surface area contributed by atoms with Gasteiger partial charge in [0.25, 0.3) is 0 Å². The molecule has 2 rings (SSSR count). The summed E-state index contributed by atoms with van der Waals surface area (Å²) in [5.41, 5.74) is 2.63. The lowest BCUT2D eigenvalue weighted by atomic mass is 10.1. The van der Waals surface area contributed by atoms with Crippen LogP contribution in [0.1, 0.15) is 24.3 Å². The van der Waals surface area contributed by atoms with E-state index in [1.54, 1.807) is 19.4 Å². The molecule has 2 heterocycles. The SMILES string of the molecule is CC.COC(=O)c1c(-c2ccc(NSC)cn2)cnn1C. The first-order valence-electron chi connectivity index (χ1n) is 6.53. The number of aryl methyl sites for hydroxylation is 1. The van der Waals surface area contributed by atoms with Crippen LogP contribution in [0.5, 0.6) is 0 Å². The third-order valence-corrected chi connectivity index (χ3v) is 3.02. The molecule has 0 aliphatic carbocycles. The van der Waals surface area contributed by atoms with Gasteiger partial charge in [-0.05, 0) is 12.1 Å². The van der Waals surface area contributed by atoms with E-state index >= 15 is 0 Å². The van der Waals surface area contributed by atoms with Crippen LogP contribution < -0.4 is 4.72 Å². The molecule has 0 saturated heterocycles.